The van der Waals surface area contributed by atoms with Crippen molar-refractivity contribution in [2.75, 3.05) is 5.32 Å². The van der Waals surface area contributed by atoms with Crippen molar-refractivity contribution in [3.8, 4) is 17.3 Å². The van der Waals surface area contributed by atoms with Crippen LogP contribution in [0.5, 0.6) is 0 Å². The van der Waals surface area contributed by atoms with Crippen LogP contribution in [0.15, 0.2) is 66.9 Å². The van der Waals surface area contributed by atoms with Crippen LogP contribution < -0.4 is 5.32 Å². The van der Waals surface area contributed by atoms with Gasteiger partial charge in [0.1, 0.15) is 5.69 Å². The number of hydrogen-bond donors (Lipinski definition) is 3. The Morgan fingerprint density at radius 2 is 1.97 bits per heavy atom. The van der Waals surface area contributed by atoms with Crippen molar-refractivity contribution in [2.24, 2.45) is 0 Å². The minimum Gasteiger partial charge on any atom is -0.378 e. The zero-order chi connectivity index (χ0) is 20.8. The molecule has 6 rings (SSSR count). The molecule has 0 fully saturated rings. The lowest BCUT2D eigenvalue weighted by Gasteiger charge is -2.27. The first kappa shape index (κ1) is 17.8. The van der Waals surface area contributed by atoms with Gasteiger partial charge in [-0.25, -0.2) is 0 Å². The maximum atomic E-state index is 9.21. The number of aromatic nitrogens is 3. The molecular weight excluding hydrogens is 382 g/mol. The lowest BCUT2D eigenvalue weighted by atomic mass is 9.86. The molecule has 150 valence electrons. The molecule has 3 aromatic carbocycles. The van der Waals surface area contributed by atoms with Crippen molar-refractivity contribution in [3.05, 3.63) is 83.6 Å². The van der Waals surface area contributed by atoms with Crippen LogP contribution in [0.4, 0.5) is 5.69 Å². The van der Waals surface area contributed by atoms with Crippen molar-refractivity contribution >= 4 is 27.5 Å². The summed E-state index contributed by atoms with van der Waals surface area (Å²) >= 11 is 0. The fourth-order valence-electron chi connectivity index (χ4n) is 4.75. The Morgan fingerprint density at radius 1 is 1.00 bits per heavy atom. The molecule has 3 N–H and O–H groups in total. The molecule has 2 heterocycles. The van der Waals surface area contributed by atoms with Crippen molar-refractivity contribution in [2.45, 2.75) is 25.3 Å². The summed E-state index contributed by atoms with van der Waals surface area (Å²) in [5, 5.41) is 23.0. The summed E-state index contributed by atoms with van der Waals surface area (Å²) in [4.78, 5) is 3.28. The van der Waals surface area contributed by atoms with E-state index in [9.17, 15) is 5.26 Å². The molecule has 0 radical (unpaired) electrons. The lowest BCUT2D eigenvalue weighted by molar-refractivity contribution is 0.600. The molecule has 5 nitrogen and oxygen atoms in total. The second kappa shape index (κ2) is 7.03. The molecular formula is C26H21N5. The highest BCUT2D eigenvalue weighted by Gasteiger charge is 2.21. The molecule has 0 bridgehead atoms. The van der Waals surface area contributed by atoms with Crippen LogP contribution in [0.1, 0.15) is 35.6 Å². The Labute approximate surface area is 179 Å². The molecule has 0 saturated carbocycles. The summed E-state index contributed by atoms with van der Waals surface area (Å²) in [5.74, 6) is 0. The number of benzene rings is 3. The van der Waals surface area contributed by atoms with Crippen LogP contribution in [0.2, 0.25) is 0 Å². The maximum absolute atomic E-state index is 9.21. The number of hydrogen-bond acceptors (Lipinski definition) is 3. The molecule has 2 aromatic heterocycles. The second-order valence-electron chi connectivity index (χ2n) is 8.23. The molecule has 5 heteroatoms. The van der Waals surface area contributed by atoms with Gasteiger partial charge in [0.25, 0.3) is 0 Å². The number of nitrogens with one attached hydrogen (secondary N) is 3. The Bertz CT molecular complexity index is 1470. The highest BCUT2D eigenvalue weighted by molar-refractivity contribution is 5.97. The van der Waals surface area contributed by atoms with Gasteiger partial charge in [0.05, 0.1) is 23.2 Å². The van der Waals surface area contributed by atoms with E-state index in [2.05, 4.69) is 75.1 Å². The fourth-order valence-corrected chi connectivity index (χ4v) is 4.75. The standard InChI is InChI=1S/C26H21N5/c27-15-16-4-8-21-18(12-16)2-1-3-23(21)29-20-7-9-24-22(14-20)26(31-30-24)19-6-5-17-10-11-28-25(17)13-19/h4-14,23,28-29H,1-3H2,(H,30,31). The number of rotatable bonds is 3. The van der Waals surface area contributed by atoms with Crippen molar-refractivity contribution < 1.29 is 0 Å². The van der Waals surface area contributed by atoms with E-state index >= 15 is 0 Å². The summed E-state index contributed by atoms with van der Waals surface area (Å²) in [6.07, 6.45) is 5.20. The first-order valence-electron chi connectivity index (χ1n) is 10.6. The van der Waals surface area contributed by atoms with Gasteiger partial charge in [-0.1, -0.05) is 18.2 Å². The molecule has 0 spiro atoms. The highest BCUT2D eigenvalue weighted by Crippen LogP contribution is 2.35. The minimum absolute atomic E-state index is 0.250. The quantitative estimate of drug-likeness (QED) is 0.342. The number of nitrogens with zero attached hydrogens (tertiary/aromatic N) is 2. The summed E-state index contributed by atoms with van der Waals surface area (Å²) in [6, 6.07) is 23.4. The average Bonchev–Trinajstić information content (AvgIpc) is 3.45. The Kier molecular flexibility index (Phi) is 4.03. The molecule has 1 unspecified atom stereocenters. The van der Waals surface area contributed by atoms with E-state index < -0.39 is 0 Å². The third-order valence-corrected chi connectivity index (χ3v) is 6.32. The summed E-state index contributed by atoms with van der Waals surface area (Å²) in [5.41, 5.74) is 8.58. The van der Waals surface area contributed by atoms with E-state index in [0.717, 1.165) is 58.2 Å². The van der Waals surface area contributed by atoms with Gasteiger partial charge in [0.15, 0.2) is 0 Å². The summed E-state index contributed by atoms with van der Waals surface area (Å²) < 4.78 is 0. The number of aromatic amines is 2. The Hall–Kier alpha value is -4.04. The SMILES string of the molecule is N#Cc1ccc2c(c1)CCCC2Nc1ccc2[nH]nc(-c3ccc4cc[nH]c4c3)c2c1. The number of anilines is 1. The number of aryl methyl sites for hydroxylation is 1. The summed E-state index contributed by atoms with van der Waals surface area (Å²) in [7, 11) is 0. The zero-order valence-corrected chi connectivity index (χ0v) is 16.9. The predicted molar refractivity (Wildman–Crippen MR) is 124 cm³/mol. The smallest absolute Gasteiger partial charge is 0.100 e. The zero-order valence-electron chi connectivity index (χ0n) is 16.9. The maximum Gasteiger partial charge on any atom is 0.100 e. The van der Waals surface area contributed by atoms with Crippen LogP contribution in [0.25, 0.3) is 33.1 Å². The third-order valence-electron chi connectivity index (χ3n) is 6.32. The molecule has 1 atom stereocenters. The Balaban J connectivity index is 1.36. The number of H-pyrrole nitrogens is 2. The Morgan fingerprint density at radius 3 is 2.90 bits per heavy atom. The van der Waals surface area contributed by atoms with Crippen molar-refractivity contribution in [1.82, 2.24) is 15.2 Å². The summed E-state index contributed by atoms with van der Waals surface area (Å²) in [6.45, 7) is 0. The van der Waals surface area contributed by atoms with Crippen LogP contribution in [0.3, 0.4) is 0 Å². The number of nitriles is 1. The molecule has 1 aliphatic rings. The minimum atomic E-state index is 0.250. The van der Waals surface area contributed by atoms with Crippen LogP contribution in [-0.4, -0.2) is 15.2 Å². The van der Waals surface area contributed by atoms with Gasteiger partial charge in [-0.3, -0.25) is 5.10 Å². The second-order valence-corrected chi connectivity index (χ2v) is 8.23. The first-order valence-corrected chi connectivity index (χ1v) is 10.6. The molecule has 5 aromatic rings. The van der Waals surface area contributed by atoms with E-state index in [0.29, 0.717) is 0 Å². The van der Waals surface area contributed by atoms with Gasteiger partial charge in [-0.2, -0.15) is 10.4 Å². The third kappa shape index (κ3) is 3.04. The molecule has 1 aliphatic carbocycles. The van der Waals surface area contributed by atoms with E-state index in [-0.39, 0.29) is 6.04 Å². The van der Waals surface area contributed by atoms with Gasteiger partial charge in [0.2, 0.25) is 0 Å². The topological polar surface area (TPSA) is 80.3 Å². The molecule has 0 amide bonds. The predicted octanol–water partition coefficient (Wildman–Crippen LogP) is 6.07. The fraction of sp³-hybridized carbons (Fsp3) is 0.154. The van der Waals surface area contributed by atoms with Crippen molar-refractivity contribution in [1.29, 1.82) is 5.26 Å². The van der Waals surface area contributed by atoms with E-state index in [4.69, 9.17) is 0 Å². The van der Waals surface area contributed by atoms with E-state index in [1.54, 1.807) is 0 Å². The lowest BCUT2D eigenvalue weighted by Crippen LogP contribution is -2.17. The van der Waals surface area contributed by atoms with Gasteiger partial charge in [-0.15, -0.1) is 0 Å². The van der Waals surface area contributed by atoms with E-state index in [1.165, 1.54) is 16.5 Å². The average molecular weight is 403 g/mol. The number of fused-ring (bicyclic) bond motifs is 3. The van der Waals surface area contributed by atoms with Crippen LogP contribution >= 0.6 is 0 Å². The van der Waals surface area contributed by atoms with Crippen molar-refractivity contribution in [3.63, 3.8) is 0 Å². The monoisotopic (exact) mass is 403 g/mol. The molecule has 0 saturated heterocycles. The molecule has 31 heavy (non-hydrogen) atoms. The largest absolute Gasteiger partial charge is 0.378 e. The van der Waals surface area contributed by atoms with Gasteiger partial charge in [-0.05, 0) is 78.2 Å². The van der Waals surface area contributed by atoms with Gasteiger partial charge >= 0.3 is 0 Å². The normalized spacial score (nSPS) is 15.6. The van der Waals surface area contributed by atoms with Crippen LogP contribution in [0, 0.1) is 11.3 Å². The van der Waals surface area contributed by atoms with E-state index in [1.807, 2.05) is 18.3 Å². The van der Waals surface area contributed by atoms with Gasteiger partial charge < -0.3 is 10.3 Å². The first-order chi connectivity index (χ1) is 15.3. The van der Waals surface area contributed by atoms with Crippen LogP contribution in [-0.2, 0) is 6.42 Å². The van der Waals surface area contributed by atoms with Gasteiger partial charge in [0, 0.05) is 28.4 Å². The molecule has 0 aliphatic heterocycles. The highest BCUT2D eigenvalue weighted by atomic mass is 15.1.